The number of nitrogens with zero attached hydrogens (tertiary/aromatic N) is 1. The zero-order valence-corrected chi connectivity index (χ0v) is 13.6. The first-order valence-corrected chi connectivity index (χ1v) is 8.91. The summed E-state index contributed by atoms with van der Waals surface area (Å²) in [7, 11) is -3.19. The Hall–Kier alpha value is -1.57. The van der Waals surface area contributed by atoms with Crippen molar-refractivity contribution in [3.05, 3.63) is 35.4 Å². The molecule has 0 spiro atoms. The summed E-state index contributed by atoms with van der Waals surface area (Å²) < 4.78 is 61.1. The van der Waals surface area contributed by atoms with E-state index in [0.29, 0.717) is 5.56 Å². The van der Waals surface area contributed by atoms with E-state index >= 15 is 0 Å². The maximum absolute atomic E-state index is 12.5. The molecule has 1 aliphatic rings. The molecule has 0 unspecified atom stereocenters. The first-order valence-electron chi connectivity index (χ1n) is 7.19. The molecule has 1 amide bonds. The Kier molecular flexibility index (Phi) is 4.75. The van der Waals surface area contributed by atoms with Crippen molar-refractivity contribution in [2.24, 2.45) is 0 Å². The van der Waals surface area contributed by atoms with Gasteiger partial charge < -0.3 is 4.90 Å². The van der Waals surface area contributed by atoms with Gasteiger partial charge in [0.1, 0.15) is 0 Å². The molecule has 1 aromatic carbocycles. The van der Waals surface area contributed by atoms with Gasteiger partial charge in [0.2, 0.25) is 5.91 Å². The number of rotatable bonds is 2. The molecule has 1 aromatic rings. The fourth-order valence-corrected chi connectivity index (χ4v) is 4.18. The maximum atomic E-state index is 12.5. The van der Waals surface area contributed by atoms with Crippen LogP contribution in [0.1, 0.15) is 25.0 Å². The van der Waals surface area contributed by atoms with E-state index < -0.39 is 32.9 Å². The molecule has 1 heterocycles. The van der Waals surface area contributed by atoms with Gasteiger partial charge in [-0.1, -0.05) is 12.1 Å². The number of alkyl halides is 3. The summed E-state index contributed by atoms with van der Waals surface area (Å²) in [5.41, 5.74) is -0.295. The van der Waals surface area contributed by atoms with Gasteiger partial charge >= 0.3 is 6.18 Å². The van der Waals surface area contributed by atoms with Crippen LogP contribution in [0.25, 0.3) is 0 Å². The molecule has 0 bridgehead atoms. The second-order valence-corrected chi connectivity index (χ2v) is 8.25. The summed E-state index contributed by atoms with van der Waals surface area (Å²) in [6, 6.07) is 3.98. The number of hydrogen-bond acceptors (Lipinski definition) is 3. The molecule has 1 aliphatic heterocycles. The van der Waals surface area contributed by atoms with Crippen LogP contribution in [0.15, 0.2) is 24.3 Å². The molecule has 0 aliphatic carbocycles. The average molecular weight is 349 g/mol. The van der Waals surface area contributed by atoms with Gasteiger partial charge in [0.25, 0.3) is 0 Å². The summed E-state index contributed by atoms with van der Waals surface area (Å²) in [5, 5.41) is -0.646. The molecule has 2 rings (SSSR count). The average Bonchev–Trinajstić information content (AvgIpc) is 2.44. The van der Waals surface area contributed by atoms with Crippen molar-refractivity contribution in [3.63, 3.8) is 0 Å². The Morgan fingerprint density at radius 3 is 2.30 bits per heavy atom. The molecule has 0 saturated carbocycles. The number of hydrogen-bond donors (Lipinski definition) is 0. The highest BCUT2D eigenvalue weighted by molar-refractivity contribution is 7.92. The number of halogens is 3. The Morgan fingerprint density at radius 2 is 1.78 bits per heavy atom. The lowest BCUT2D eigenvalue weighted by Crippen LogP contribution is -2.54. The highest BCUT2D eigenvalue weighted by atomic mass is 32.2. The summed E-state index contributed by atoms with van der Waals surface area (Å²) in [5.74, 6) is -0.365. The lowest BCUT2D eigenvalue weighted by Gasteiger charge is -2.37. The fourth-order valence-electron chi connectivity index (χ4n) is 2.61. The van der Waals surface area contributed by atoms with E-state index in [1.807, 2.05) is 0 Å². The Bertz CT molecular complexity index is 683. The summed E-state index contributed by atoms with van der Waals surface area (Å²) >= 11 is 0. The van der Waals surface area contributed by atoms with Gasteiger partial charge in [0, 0.05) is 12.6 Å². The van der Waals surface area contributed by atoms with Gasteiger partial charge in [-0.15, -0.1) is 0 Å². The van der Waals surface area contributed by atoms with E-state index in [1.54, 1.807) is 13.8 Å². The topological polar surface area (TPSA) is 54.5 Å². The zero-order valence-electron chi connectivity index (χ0n) is 12.8. The first-order chi connectivity index (χ1) is 10.5. The van der Waals surface area contributed by atoms with Crippen LogP contribution in [-0.2, 0) is 27.2 Å². The largest absolute Gasteiger partial charge is 0.416 e. The van der Waals surface area contributed by atoms with E-state index in [1.165, 1.54) is 17.0 Å². The first kappa shape index (κ1) is 17.8. The van der Waals surface area contributed by atoms with Gasteiger partial charge in [0.05, 0.1) is 23.0 Å². The molecule has 2 atom stereocenters. The van der Waals surface area contributed by atoms with Crippen molar-refractivity contribution in [2.45, 2.75) is 37.7 Å². The molecule has 0 radical (unpaired) electrons. The Labute approximate surface area is 133 Å². The van der Waals surface area contributed by atoms with E-state index in [9.17, 15) is 26.4 Å². The molecular formula is C15H18F3NO3S. The molecule has 0 aromatic heterocycles. The van der Waals surface area contributed by atoms with E-state index in [0.717, 1.165) is 12.1 Å². The molecule has 1 fully saturated rings. The van der Waals surface area contributed by atoms with E-state index in [4.69, 9.17) is 0 Å². The molecule has 1 saturated heterocycles. The van der Waals surface area contributed by atoms with Crippen molar-refractivity contribution < 1.29 is 26.4 Å². The van der Waals surface area contributed by atoms with Crippen molar-refractivity contribution in [2.75, 3.05) is 12.3 Å². The van der Waals surface area contributed by atoms with Gasteiger partial charge in [-0.2, -0.15) is 13.2 Å². The Morgan fingerprint density at radius 1 is 1.22 bits per heavy atom. The lowest BCUT2D eigenvalue weighted by atomic mass is 10.1. The normalized spacial score (nSPS) is 24.5. The SMILES string of the molecule is C[C@@H]1[C@@H](C)S(=O)(=O)CCN1C(=O)Cc1ccc(C(F)(F)F)cc1. The minimum atomic E-state index is -4.41. The minimum absolute atomic E-state index is 0.0464. The van der Waals surface area contributed by atoms with Gasteiger partial charge in [-0.3, -0.25) is 4.79 Å². The van der Waals surface area contributed by atoms with Crippen LogP contribution >= 0.6 is 0 Å². The number of benzene rings is 1. The van der Waals surface area contributed by atoms with Crippen LogP contribution in [0.5, 0.6) is 0 Å². The van der Waals surface area contributed by atoms with Gasteiger partial charge in [-0.25, -0.2) is 8.42 Å². The van der Waals surface area contributed by atoms with Crippen molar-refractivity contribution >= 4 is 15.7 Å². The lowest BCUT2D eigenvalue weighted by molar-refractivity contribution is -0.137. The summed E-state index contributed by atoms with van der Waals surface area (Å²) in [4.78, 5) is 13.8. The second-order valence-electron chi connectivity index (χ2n) is 5.77. The quantitative estimate of drug-likeness (QED) is 0.823. The number of sulfone groups is 1. The van der Waals surface area contributed by atoms with Crippen molar-refractivity contribution in [1.29, 1.82) is 0 Å². The van der Waals surface area contributed by atoms with Gasteiger partial charge in [-0.05, 0) is 31.5 Å². The molecule has 4 nitrogen and oxygen atoms in total. The van der Waals surface area contributed by atoms with Crippen molar-refractivity contribution in [3.8, 4) is 0 Å². The van der Waals surface area contributed by atoms with Crippen molar-refractivity contribution in [1.82, 2.24) is 4.90 Å². The highest BCUT2D eigenvalue weighted by Crippen LogP contribution is 2.29. The summed E-state index contributed by atoms with van der Waals surface area (Å²) in [6.45, 7) is 3.36. The van der Waals surface area contributed by atoms with Crippen LogP contribution in [-0.4, -0.2) is 42.8 Å². The van der Waals surface area contributed by atoms with Crippen LogP contribution < -0.4 is 0 Å². The third-order valence-corrected chi connectivity index (χ3v) is 6.59. The highest BCUT2D eigenvalue weighted by Gasteiger charge is 2.37. The standard InChI is InChI=1S/C15H18F3NO3S/c1-10-11(2)23(21,22)8-7-19(10)14(20)9-12-3-5-13(6-4-12)15(16,17)18/h3-6,10-11H,7-9H2,1-2H3/t10-,11-/m1/s1. The van der Waals surface area contributed by atoms with Crippen LogP contribution in [0.3, 0.4) is 0 Å². The predicted octanol–water partition coefficient (Wildman–Crippen LogP) is 2.28. The molecule has 128 valence electrons. The monoisotopic (exact) mass is 349 g/mol. The smallest absolute Gasteiger partial charge is 0.337 e. The van der Waals surface area contributed by atoms with E-state index in [-0.39, 0.29) is 24.6 Å². The second kappa shape index (κ2) is 6.14. The number of amides is 1. The fraction of sp³-hybridized carbons (Fsp3) is 0.533. The molecule has 8 heteroatoms. The zero-order chi connectivity index (χ0) is 17.4. The summed E-state index contributed by atoms with van der Waals surface area (Å²) in [6.07, 6.45) is -4.46. The third-order valence-electron chi connectivity index (χ3n) is 4.31. The van der Waals surface area contributed by atoms with E-state index in [2.05, 4.69) is 0 Å². The molecular weight excluding hydrogens is 331 g/mol. The maximum Gasteiger partial charge on any atom is 0.416 e. The van der Waals surface area contributed by atoms with Crippen LogP contribution in [0, 0.1) is 0 Å². The third kappa shape index (κ3) is 3.85. The number of carbonyl (C=O) groups excluding carboxylic acids is 1. The predicted molar refractivity (Wildman–Crippen MR) is 79.6 cm³/mol. The molecule has 23 heavy (non-hydrogen) atoms. The number of carbonyl (C=O) groups is 1. The van der Waals surface area contributed by atoms with Crippen LogP contribution in [0.4, 0.5) is 13.2 Å². The van der Waals surface area contributed by atoms with Crippen LogP contribution in [0.2, 0.25) is 0 Å². The molecule has 0 N–H and O–H groups in total. The Balaban J connectivity index is 2.08. The van der Waals surface area contributed by atoms with Gasteiger partial charge in [0.15, 0.2) is 9.84 Å². The minimum Gasteiger partial charge on any atom is -0.337 e.